The summed E-state index contributed by atoms with van der Waals surface area (Å²) in [4.78, 5) is 24.4. The normalized spacial score (nSPS) is 13.5. The molecule has 0 radical (unpaired) electrons. The van der Waals surface area contributed by atoms with E-state index in [1.54, 1.807) is 12.4 Å². The molecule has 0 aliphatic carbocycles. The van der Waals surface area contributed by atoms with Crippen molar-refractivity contribution in [2.75, 3.05) is 36.5 Å². The summed E-state index contributed by atoms with van der Waals surface area (Å²) < 4.78 is 11.2. The van der Waals surface area contributed by atoms with Crippen molar-refractivity contribution in [2.45, 2.75) is 0 Å². The Morgan fingerprint density at radius 1 is 0.909 bits per heavy atom. The standard InChI is InChI=1S/C25H22N4O3S/c30-24(28-19-7-9-21(10-8-19)32-20-4-2-1-3-5-20)22-17-27-25(33-22)18-6-11-23(26-16-18)29-12-14-31-15-13-29/h1-11,16-17H,12-15H2,(H,28,30). The third-order valence-corrected chi connectivity index (χ3v) is 6.20. The first-order valence-corrected chi connectivity index (χ1v) is 11.5. The van der Waals surface area contributed by atoms with Crippen LogP contribution in [0.1, 0.15) is 9.67 Å². The van der Waals surface area contributed by atoms with Crippen molar-refractivity contribution in [3.05, 3.63) is 84.0 Å². The summed E-state index contributed by atoms with van der Waals surface area (Å²) in [6.07, 6.45) is 3.40. The van der Waals surface area contributed by atoms with Gasteiger partial charge in [0.25, 0.3) is 5.91 Å². The molecule has 2 aromatic carbocycles. The number of nitrogens with zero attached hydrogens (tertiary/aromatic N) is 3. The minimum Gasteiger partial charge on any atom is -0.457 e. The molecule has 1 fully saturated rings. The molecule has 1 saturated heterocycles. The number of hydrogen-bond donors (Lipinski definition) is 1. The Hall–Kier alpha value is -3.75. The number of hydrogen-bond acceptors (Lipinski definition) is 7. The van der Waals surface area contributed by atoms with Crippen molar-refractivity contribution in [2.24, 2.45) is 0 Å². The van der Waals surface area contributed by atoms with Crippen LogP contribution < -0.4 is 15.0 Å². The van der Waals surface area contributed by atoms with Crippen molar-refractivity contribution in [1.82, 2.24) is 9.97 Å². The fourth-order valence-corrected chi connectivity index (χ4v) is 4.23. The average molecular weight is 459 g/mol. The van der Waals surface area contributed by atoms with E-state index in [9.17, 15) is 4.79 Å². The maximum Gasteiger partial charge on any atom is 0.267 e. The van der Waals surface area contributed by atoms with E-state index in [0.29, 0.717) is 16.3 Å². The lowest BCUT2D eigenvalue weighted by molar-refractivity contribution is 0.103. The van der Waals surface area contributed by atoms with Crippen LogP contribution in [0.25, 0.3) is 10.6 Å². The second kappa shape index (κ2) is 9.81. The molecule has 5 rings (SSSR count). The fraction of sp³-hybridized carbons (Fsp3) is 0.160. The van der Waals surface area contributed by atoms with E-state index in [0.717, 1.165) is 48.4 Å². The molecule has 1 amide bonds. The molecule has 4 aromatic rings. The molecule has 33 heavy (non-hydrogen) atoms. The zero-order valence-electron chi connectivity index (χ0n) is 17.8. The lowest BCUT2D eigenvalue weighted by atomic mass is 10.3. The Bertz CT molecular complexity index is 1200. The van der Waals surface area contributed by atoms with Gasteiger partial charge in [-0.1, -0.05) is 18.2 Å². The lowest BCUT2D eigenvalue weighted by Gasteiger charge is -2.27. The molecule has 0 saturated carbocycles. The number of morpholine rings is 1. The van der Waals surface area contributed by atoms with Crippen molar-refractivity contribution in [3.63, 3.8) is 0 Å². The molecule has 3 heterocycles. The predicted octanol–water partition coefficient (Wildman–Crippen LogP) is 5.09. The van der Waals surface area contributed by atoms with Crippen LogP contribution in [-0.2, 0) is 4.74 Å². The molecule has 1 aliphatic rings. The second-order valence-corrected chi connectivity index (χ2v) is 8.46. The highest BCUT2D eigenvalue weighted by Crippen LogP contribution is 2.27. The summed E-state index contributed by atoms with van der Waals surface area (Å²) in [7, 11) is 0. The number of para-hydroxylation sites is 1. The first kappa shape index (κ1) is 21.1. The first-order chi connectivity index (χ1) is 16.2. The van der Waals surface area contributed by atoms with Crippen molar-refractivity contribution in [1.29, 1.82) is 0 Å². The van der Waals surface area contributed by atoms with Gasteiger partial charge in [0.1, 0.15) is 27.2 Å². The van der Waals surface area contributed by atoms with Gasteiger partial charge in [-0.3, -0.25) is 4.79 Å². The number of carbonyl (C=O) groups is 1. The molecule has 2 aromatic heterocycles. The summed E-state index contributed by atoms with van der Waals surface area (Å²) in [6.45, 7) is 3.12. The van der Waals surface area contributed by atoms with E-state index in [2.05, 4.69) is 20.2 Å². The Kier molecular flexibility index (Phi) is 6.27. The number of pyridine rings is 1. The number of thiazole rings is 1. The second-order valence-electron chi connectivity index (χ2n) is 7.43. The molecule has 0 bridgehead atoms. The highest BCUT2D eigenvalue weighted by molar-refractivity contribution is 7.17. The number of rotatable bonds is 6. The van der Waals surface area contributed by atoms with Gasteiger partial charge < -0.3 is 19.7 Å². The number of carbonyl (C=O) groups excluding carboxylic acids is 1. The molecule has 0 atom stereocenters. The summed E-state index contributed by atoms with van der Waals surface area (Å²) in [5, 5.41) is 3.67. The Morgan fingerprint density at radius 3 is 2.39 bits per heavy atom. The molecular weight excluding hydrogens is 436 g/mol. The molecular formula is C25H22N4O3S. The van der Waals surface area contributed by atoms with Crippen molar-refractivity contribution >= 4 is 28.7 Å². The third kappa shape index (κ3) is 5.19. The maximum absolute atomic E-state index is 12.7. The number of aromatic nitrogens is 2. The fourth-order valence-electron chi connectivity index (χ4n) is 3.43. The van der Waals surface area contributed by atoms with E-state index >= 15 is 0 Å². The average Bonchev–Trinajstić information content (AvgIpc) is 3.37. The van der Waals surface area contributed by atoms with Gasteiger partial charge in [0.2, 0.25) is 0 Å². The molecule has 0 unspecified atom stereocenters. The largest absolute Gasteiger partial charge is 0.457 e. The minimum atomic E-state index is -0.201. The summed E-state index contributed by atoms with van der Waals surface area (Å²) in [5.41, 5.74) is 1.57. The van der Waals surface area contributed by atoms with Crippen LogP contribution >= 0.6 is 11.3 Å². The Morgan fingerprint density at radius 2 is 1.67 bits per heavy atom. The quantitative estimate of drug-likeness (QED) is 0.434. The molecule has 0 spiro atoms. The topological polar surface area (TPSA) is 76.6 Å². The number of benzene rings is 2. The third-order valence-electron chi connectivity index (χ3n) is 5.15. The zero-order chi connectivity index (χ0) is 22.5. The highest BCUT2D eigenvalue weighted by Gasteiger charge is 2.15. The van der Waals surface area contributed by atoms with Crippen LogP contribution in [0.15, 0.2) is 79.1 Å². The van der Waals surface area contributed by atoms with Crippen LogP contribution in [0.2, 0.25) is 0 Å². The Balaban J connectivity index is 1.21. The van der Waals surface area contributed by atoms with E-state index in [-0.39, 0.29) is 5.91 Å². The van der Waals surface area contributed by atoms with Crippen LogP contribution in [0.5, 0.6) is 11.5 Å². The van der Waals surface area contributed by atoms with E-state index in [1.165, 1.54) is 11.3 Å². The smallest absolute Gasteiger partial charge is 0.267 e. The van der Waals surface area contributed by atoms with Crippen LogP contribution in [0, 0.1) is 0 Å². The lowest BCUT2D eigenvalue weighted by Crippen LogP contribution is -2.36. The number of amides is 1. The number of ether oxygens (including phenoxy) is 2. The molecule has 7 nitrogen and oxygen atoms in total. The summed E-state index contributed by atoms with van der Waals surface area (Å²) >= 11 is 1.34. The molecule has 1 aliphatic heterocycles. The summed E-state index contributed by atoms with van der Waals surface area (Å²) in [5.74, 6) is 2.19. The van der Waals surface area contributed by atoms with Gasteiger partial charge in [0.05, 0.1) is 19.4 Å². The Labute approximate surface area is 195 Å². The van der Waals surface area contributed by atoms with E-state index < -0.39 is 0 Å². The monoisotopic (exact) mass is 458 g/mol. The summed E-state index contributed by atoms with van der Waals surface area (Å²) in [6, 6.07) is 20.8. The van der Waals surface area contributed by atoms with Gasteiger partial charge in [0, 0.05) is 30.5 Å². The molecule has 166 valence electrons. The van der Waals surface area contributed by atoms with Gasteiger partial charge >= 0.3 is 0 Å². The SMILES string of the molecule is O=C(Nc1ccc(Oc2ccccc2)cc1)c1cnc(-c2ccc(N3CCOCC3)nc2)s1. The highest BCUT2D eigenvalue weighted by atomic mass is 32.1. The zero-order valence-corrected chi connectivity index (χ0v) is 18.6. The van der Waals surface area contributed by atoms with Crippen molar-refractivity contribution < 1.29 is 14.3 Å². The van der Waals surface area contributed by atoms with Gasteiger partial charge in [-0.25, -0.2) is 9.97 Å². The van der Waals surface area contributed by atoms with Gasteiger partial charge in [-0.2, -0.15) is 0 Å². The van der Waals surface area contributed by atoms with Crippen molar-refractivity contribution in [3.8, 4) is 22.1 Å². The van der Waals surface area contributed by atoms with E-state index in [4.69, 9.17) is 9.47 Å². The van der Waals surface area contributed by atoms with E-state index in [1.807, 2.05) is 66.7 Å². The number of anilines is 2. The maximum atomic E-state index is 12.7. The molecule has 8 heteroatoms. The number of nitrogens with one attached hydrogen (secondary N) is 1. The van der Waals surface area contributed by atoms with Gasteiger partial charge in [-0.15, -0.1) is 11.3 Å². The van der Waals surface area contributed by atoms with Crippen LogP contribution in [-0.4, -0.2) is 42.2 Å². The minimum absolute atomic E-state index is 0.201. The van der Waals surface area contributed by atoms with Gasteiger partial charge in [0.15, 0.2) is 0 Å². The predicted molar refractivity (Wildman–Crippen MR) is 129 cm³/mol. The first-order valence-electron chi connectivity index (χ1n) is 10.6. The van der Waals surface area contributed by atoms with Crippen LogP contribution in [0.4, 0.5) is 11.5 Å². The van der Waals surface area contributed by atoms with Gasteiger partial charge in [-0.05, 0) is 48.5 Å². The molecule has 1 N–H and O–H groups in total. The van der Waals surface area contributed by atoms with Crippen LogP contribution in [0.3, 0.4) is 0 Å².